The third-order valence-corrected chi connectivity index (χ3v) is 3.50. The Morgan fingerprint density at radius 2 is 2.11 bits per heavy atom. The maximum absolute atomic E-state index is 9.63. The summed E-state index contributed by atoms with van der Waals surface area (Å²) in [7, 11) is 0. The van der Waals surface area contributed by atoms with Gasteiger partial charge in [0.25, 0.3) is 0 Å². The summed E-state index contributed by atoms with van der Waals surface area (Å²) in [4.78, 5) is 11.0. The Bertz CT molecular complexity index is 419. The van der Waals surface area contributed by atoms with E-state index in [-0.39, 0.29) is 12.0 Å². The lowest BCUT2D eigenvalue weighted by Crippen LogP contribution is -2.25. The first-order valence-electron chi connectivity index (χ1n) is 6.55. The van der Waals surface area contributed by atoms with Gasteiger partial charge >= 0.3 is 0 Å². The highest BCUT2D eigenvalue weighted by atomic mass is 16.3. The summed E-state index contributed by atoms with van der Waals surface area (Å²) in [5.41, 5.74) is 5.83. The molecule has 0 bridgehead atoms. The van der Waals surface area contributed by atoms with Gasteiger partial charge in [-0.05, 0) is 13.3 Å². The standard InChI is InChI=1S/C13H22N4O/c1-8(2)13-15-11(14)6-12(16-13)17-5-4-10(7-17)9(3)18/h6,8-10,18H,4-5,7H2,1-3H3,(H2,14,15,16). The predicted molar refractivity (Wildman–Crippen MR) is 72.5 cm³/mol. The van der Waals surface area contributed by atoms with E-state index in [0.29, 0.717) is 11.7 Å². The summed E-state index contributed by atoms with van der Waals surface area (Å²) < 4.78 is 0. The third kappa shape index (κ3) is 2.72. The SMILES string of the molecule is CC(C)c1nc(N)cc(N2CCC(C(C)O)C2)n1. The van der Waals surface area contributed by atoms with Crippen LogP contribution in [0.25, 0.3) is 0 Å². The predicted octanol–water partition coefficient (Wildman–Crippen LogP) is 1.39. The molecule has 5 heteroatoms. The topological polar surface area (TPSA) is 75.3 Å². The van der Waals surface area contributed by atoms with E-state index in [2.05, 4.69) is 28.7 Å². The van der Waals surface area contributed by atoms with Crippen LogP contribution >= 0.6 is 0 Å². The molecule has 1 aromatic heterocycles. The second kappa shape index (κ2) is 5.10. The van der Waals surface area contributed by atoms with Gasteiger partial charge in [0.05, 0.1) is 6.10 Å². The van der Waals surface area contributed by atoms with E-state index >= 15 is 0 Å². The lowest BCUT2D eigenvalue weighted by Gasteiger charge is -2.20. The van der Waals surface area contributed by atoms with Crippen molar-refractivity contribution in [2.75, 3.05) is 23.7 Å². The molecule has 0 aromatic carbocycles. The van der Waals surface area contributed by atoms with E-state index in [1.807, 2.05) is 13.0 Å². The molecule has 0 radical (unpaired) electrons. The van der Waals surface area contributed by atoms with Gasteiger partial charge in [0.15, 0.2) is 0 Å². The number of nitrogens with two attached hydrogens (primary N) is 1. The van der Waals surface area contributed by atoms with Crippen LogP contribution in [0.5, 0.6) is 0 Å². The fourth-order valence-corrected chi connectivity index (χ4v) is 2.28. The van der Waals surface area contributed by atoms with Crippen molar-refractivity contribution in [3.63, 3.8) is 0 Å². The first-order valence-corrected chi connectivity index (χ1v) is 6.55. The second-order valence-electron chi connectivity index (χ2n) is 5.40. The van der Waals surface area contributed by atoms with Crippen molar-refractivity contribution in [3.8, 4) is 0 Å². The summed E-state index contributed by atoms with van der Waals surface area (Å²) >= 11 is 0. The molecule has 3 N–H and O–H groups in total. The Morgan fingerprint density at radius 1 is 1.39 bits per heavy atom. The number of hydrogen-bond acceptors (Lipinski definition) is 5. The average molecular weight is 250 g/mol. The zero-order valence-corrected chi connectivity index (χ0v) is 11.3. The summed E-state index contributed by atoms with van der Waals surface area (Å²) in [6.07, 6.45) is 0.734. The van der Waals surface area contributed by atoms with Crippen LogP contribution in [0, 0.1) is 5.92 Å². The van der Waals surface area contributed by atoms with Crippen molar-refractivity contribution in [1.82, 2.24) is 9.97 Å². The van der Waals surface area contributed by atoms with Gasteiger partial charge < -0.3 is 15.7 Å². The van der Waals surface area contributed by atoms with Crippen LogP contribution in [0.15, 0.2) is 6.07 Å². The molecule has 2 rings (SSSR count). The van der Waals surface area contributed by atoms with Crippen LogP contribution < -0.4 is 10.6 Å². The van der Waals surface area contributed by atoms with Crippen LogP contribution in [0.4, 0.5) is 11.6 Å². The van der Waals surface area contributed by atoms with Gasteiger partial charge in [-0.3, -0.25) is 0 Å². The molecule has 0 aliphatic carbocycles. The smallest absolute Gasteiger partial charge is 0.135 e. The second-order valence-corrected chi connectivity index (χ2v) is 5.40. The van der Waals surface area contributed by atoms with Gasteiger partial charge in [0.1, 0.15) is 17.5 Å². The summed E-state index contributed by atoms with van der Waals surface area (Å²) in [6.45, 7) is 7.72. The minimum Gasteiger partial charge on any atom is -0.393 e. The molecule has 5 nitrogen and oxygen atoms in total. The maximum atomic E-state index is 9.63. The molecule has 100 valence electrons. The highest BCUT2D eigenvalue weighted by Gasteiger charge is 2.27. The van der Waals surface area contributed by atoms with Crippen molar-refractivity contribution in [3.05, 3.63) is 11.9 Å². The highest BCUT2D eigenvalue weighted by molar-refractivity contribution is 5.48. The van der Waals surface area contributed by atoms with E-state index < -0.39 is 0 Å². The summed E-state index contributed by atoms with van der Waals surface area (Å²) in [6, 6.07) is 1.82. The van der Waals surface area contributed by atoms with E-state index in [1.165, 1.54) is 0 Å². The molecular formula is C13H22N4O. The number of aliphatic hydroxyl groups excluding tert-OH is 1. The fraction of sp³-hybridized carbons (Fsp3) is 0.692. The van der Waals surface area contributed by atoms with Crippen molar-refractivity contribution < 1.29 is 5.11 Å². The van der Waals surface area contributed by atoms with E-state index in [1.54, 1.807) is 0 Å². The normalized spacial score (nSPS) is 21.6. The molecular weight excluding hydrogens is 228 g/mol. The Kier molecular flexibility index (Phi) is 3.71. The Morgan fingerprint density at radius 3 is 2.67 bits per heavy atom. The van der Waals surface area contributed by atoms with Gasteiger partial charge in [-0.1, -0.05) is 13.8 Å². The van der Waals surface area contributed by atoms with Crippen LogP contribution in [0.3, 0.4) is 0 Å². The van der Waals surface area contributed by atoms with Crippen molar-refractivity contribution >= 4 is 11.6 Å². The molecule has 2 heterocycles. The number of nitrogen functional groups attached to an aromatic ring is 1. The number of anilines is 2. The number of hydrogen-bond donors (Lipinski definition) is 2. The van der Waals surface area contributed by atoms with Crippen LogP contribution in [-0.2, 0) is 0 Å². The Balaban J connectivity index is 2.19. The molecule has 1 saturated heterocycles. The first-order chi connectivity index (χ1) is 8.47. The molecule has 18 heavy (non-hydrogen) atoms. The van der Waals surface area contributed by atoms with Crippen LogP contribution in [0.1, 0.15) is 38.9 Å². The highest BCUT2D eigenvalue weighted by Crippen LogP contribution is 2.26. The van der Waals surface area contributed by atoms with E-state index in [4.69, 9.17) is 5.73 Å². The Hall–Kier alpha value is -1.36. The van der Waals surface area contributed by atoms with Gasteiger partial charge in [0, 0.05) is 31.0 Å². The zero-order chi connectivity index (χ0) is 13.3. The van der Waals surface area contributed by atoms with E-state index in [0.717, 1.165) is 31.2 Å². The molecule has 0 spiro atoms. The fourth-order valence-electron chi connectivity index (χ4n) is 2.28. The molecule has 0 saturated carbocycles. The molecule has 2 unspecified atom stereocenters. The average Bonchev–Trinajstić information content (AvgIpc) is 2.77. The maximum Gasteiger partial charge on any atom is 0.135 e. The van der Waals surface area contributed by atoms with Gasteiger partial charge in [-0.2, -0.15) is 0 Å². The quantitative estimate of drug-likeness (QED) is 0.848. The number of aromatic nitrogens is 2. The lowest BCUT2D eigenvalue weighted by molar-refractivity contribution is 0.136. The molecule has 2 atom stereocenters. The summed E-state index contributed by atoms with van der Waals surface area (Å²) in [5, 5.41) is 9.63. The molecule has 1 aliphatic heterocycles. The van der Waals surface area contributed by atoms with Crippen molar-refractivity contribution in [1.29, 1.82) is 0 Å². The zero-order valence-electron chi connectivity index (χ0n) is 11.3. The molecule has 1 aliphatic rings. The number of aliphatic hydroxyl groups is 1. The van der Waals surface area contributed by atoms with Gasteiger partial charge in [-0.15, -0.1) is 0 Å². The van der Waals surface area contributed by atoms with Crippen molar-refractivity contribution in [2.45, 2.75) is 39.2 Å². The minimum atomic E-state index is -0.265. The molecule has 1 fully saturated rings. The van der Waals surface area contributed by atoms with Crippen molar-refractivity contribution in [2.24, 2.45) is 5.92 Å². The number of rotatable bonds is 3. The molecule has 1 aromatic rings. The summed E-state index contributed by atoms with van der Waals surface area (Å²) in [5.74, 6) is 2.77. The first kappa shape index (κ1) is 13.1. The monoisotopic (exact) mass is 250 g/mol. The molecule has 0 amide bonds. The largest absolute Gasteiger partial charge is 0.393 e. The van der Waals surface area contributed by atoms with Gasteiger partial charge in [0.2, 0.25) is 0 Å². The van der Waals surface area contributed by atoms with Crippen LogP contribution in [-0.4, -0.2) is 34.3 Å². The lowest BCUT2D eigenvalue weighted by atomic mass is 10.0. The van der Waals surface area contributed by atoms with Crippen LogP contribution in [0.2, 0.25) is 0 Å². The Labute approximate surface area is 108 Å². The van der Waals surface area contributed by atoms with E-state index in [9.17, 15) is 5.11 Å². The minimum absolute atomic E-state index is 0.265. The van der Waals surface area contributed by atoms with Gasteiger partial charge in [-0.25, -0.2) is 9.97 Å². The number of nitrogens with zero attached hydrogens (tertiary/aromatic N) is 3. The third-order valence-electron chi connectivity index (χ3n) is 3.50.